The van der Waals surface area contributed by atoms with Gasteiger partial charge in [-0.1, -0.05) is 13.3 Å². The fourth-order valence-electron chi connectivity index (χ4n) is 6.35. The van der Waals surface area contributed by atoms with E-state index < -0.39 is 11.8 Å². The SMILES string of the molecule is CC1CC(c2cncc(NC(=O)c3cc(CNCC4CCC4)c4c(n3)C(F)(F)CC4)c2)(c2nncn2C)C1. The summed E-state index contributed by atoms with van der Waals surface area (Å²) in [5, 5.41) is 14.7. The summed E-state index contributed by atoms with van der Waals surface area (Å²) >= 11 is 0. The summed E-state index contributed by atoms with van der Waals surface area (Å²) in [6, 6.07) is 3.56. The van der Waals surface area contributed by atoms with Crippen LogP contribution in [0.2, 0.25) is 0 Å². The van der Waals surface area contributed by atoms with Crippen LogP contribution >= 0.6 is 0 Å². The van der Waals surface area contributed by atoms with E-state index in [1.54, 1.807) is 24.8 Å². The number of nitrogens with zero attached hydrogens (tertiary/aromatic N) is 5. The van der Waals surface area contributed by atoms with Crippen molar-refractivity contribution in [1.29, 1.82) is 0 Å². The number of alkyl halides is 2. The molecule has 38 heavy (non-hydrogen) atoms. The van der Waals surface area contributed by atoms with Crippen molar-refractivity contribution in [2.24, 2.45) is 18.9 Å². The number of pyridine rings is 2. The van der Waals surface area contributed by atoms with Crippen LogP contribution in [0.5, 0.6) is 0 Å². The number of hydrogen-bond acceptors (Lipinski definition) is 6. The molecular weight excluding hydrogens is 488 g/mol. The minimum Gasteiger partial charge on any atom is -0.320 e. The molecule has 0 saturated heterocycles. The van der Waals surface area contributed by atoms with Gasteiger partial charge in [0.25, 0.3) is 11.8 Å². The molecule has 0 spiro atoms. The Bertz CT molecular complexity index is 1360. The van der Waals surface area contributed by atoms with Gasteiger partial charge in [-0.3, -0.25) is 9.78 Å². The van der Waals surface area contributed by atoms with Crippen molar-refractivity contribution in [2.75, 3.05) is 11.9 Å². The van der Waals surface area contributed by atoms with Gasteiger partial charge in [-0.15, -0.1) is 10.2 Å². The van der Waals surface area contributed by atoms with E-state index in [0.29, 0.717) is 29.6 Å². The monoisotopic (exact) mass is 521 g/mol. The highest BCUT2D eigenvalue weighted by atomic mass is 19.3. The van der Waals surface area contributed by atoms with Crippen molar-refractivity contribution in [3.63, 3.8) is 0 Å². The van der Waals surface area contributed by atoms with Crippen molar-refractivity contribution in [3.05, 3.63) is 64.8 Å². The van der Waals surface area contributed by atoms with Crippen LogP contribution in [-0.4, -0.2) is 37.2 Å². The molecule has 3 aromatic rings. The van der Waals surface area contributed by atoms with Crippen LogP contribution in [0.25, 0.3) is 0 Å². The largest absolute Gasteiger partial charge is 0.320 e. The molecule has 3 heterocycles. The van der Waals surface area contributed by atoms with Crippen LogP contribution in [-0.2, 0) is 31.4 Å². The zero-order chi connectivity index (χ0) is 26.5. The van der Waals surface area contributed by atoms with Gasteiger partial charge in [0.15, 0.2) is 0 Å². The molecule has 0 atom stereocenters. The standard InChI is InChI=1S/C28H33F2N7O/c1-17-10-27(11-17,26-36-33-16-37(26)2)20-9-21(15-32-14-20)34-25(38)23-8-19(13-31-12-18-4-3-5-18)22-6-7-28(29,30)24(22)35-23/h8-9,14-18,31H,3-7,10-13H2,1-2H3,(H,34,38). The third kappa shape index (κ3) is 4.38. The number of halogens is 2. The summed E-state index contributed by atoms with van der Waals surface area (Å²) in [7, 11) is 1.92. The molecule has 200 valence electrons. The summed E-state index contributed by atoms with van der Waals surface area (Å²) in [6.07, 6.45) is 10.5. The first kappa shape index (κ1) is 25.0. The van der Waals surface area contributed by atoms with E-state index in [4.69, 9.17) is 0 Å². The molecule has 3 aliphatic rings. The van der Waals surface area contributed by atoms with E-state index >= 15 is 0 Å². The first-order valence-corrected chi connectivity index (χ1v) is 13.5. The fraction of sp³-hybridized carbons (Fsp3) is 0.536. The Morgan fingerprint density at radius 3 is 2.71 bits per heavy atom. The van der Waals surface area contributed by atoms with Crippen LogP contribution in [0.4, 0.5) is 14.5 Å². The van der Waals surface area contributed by atoms with Gasteiger partial charge in [0, 0.05) is 26.2 Å². The maximum Gasteiger partial charge on any atom is 0.290 e. The van der Waals surface area contributed by atoms with Crippen LogP contribution in [0.3, 0.4) is 0 Å². The van der Waals surface area contributed by atoms with Crippen molar-refractivity contribution >= 4 is 11.6 Å². The Hall–Kier alpha value is -3.27. The molecule has 8 nitrogen and oxygen atoms in total. The molecule has 0 aliphatic heterocycles. The van der Waals surface area contributed by atoms with Crippen LogP contribution in [0.1, 0.15) is 84.1 Å². The van der Waals surface area contributed by atoms with Gasteiger partial charge in [0.05, 0.1) is 17.3 Å². The molecule has 3 aliphatic carbocycles. The highest BCUT2D eigenvalue weighted by Gasteiger charge is 2.48. The van der Waals surface area contributed by atoms with E-state index in [1.807, 2.05) is 17.7 Å². The van der Waals surface area contributed by atoms with Gasteiger partial charge in [0.1, 0.15) is 23.5 Å². The second-order valence-corrected chi connectivity index (χ2v) is 11.4. The molecule has 10 heteroatoms. The molecule has 6 rings (SSSR count). The summed E-state index contributed by atoms with van der Waals surface area (Å²) in [5.74, 6) is -1.51. The Morgan fingerprint density at radius 1 is 1.21 bits per heavy atom. The number of hydrogen-bond donors (Lipinski definition) is 2. The smallest absolute Gasteiger partial charge is 0.290 e. The van der Waals surface area contributed by atoms with E-state index in [2.05, 4.69) is 37.7 Å². The van der Waals surface area contributed by atoms with E-state index in [-0.39, 0.29) is 29.6 Å². The van der Waals surface area contributed by atoms with E-state index in [9.17, 15) is 13.6 Å². The van der Waals surface area contributed by atoms with Gasteiger partial charge >= 0.3 is 0 Å². The third-order valence-electron chi connectivity index (χ3n) is 8.54. The molecule has 2 fully saturated rings. The van der Waals surface area contributed by atoms with Crippen LogP contribution < -0.4 is 10.6 Å². The zero-order valence-electron chi connectivity index (χ0n) is 21.8. The van der Waals surface area contributed by atoms with Crippen LogP contribution in [0, 0.1) is 11.8 Å². The predicted octanol–water partition coefficient (Wildman–Crippen LogP) is 4.50. The van der Waals surface area contributed by atoms with Crippen LogP contribution in [0.15, 0.2) is 30.9 Å². The number of nitrogens with one attached hydrogen (secondary N) is 2. The number of rotatable bonds is 8. The summed E-state index contributed by atoms with van der Waals surface area (Å²) in [5.41, 5.74) is 2.14. The number of carbonyl (C=O) groups is 1. The quantitative estimate of drug-likeness (QED) is 0.453. The number of anilines is 1. The Labute approximate surface area is 220 Å². The minimum absolute atomic E-state index is 0.00328. The highest BCUT2D eigenvalue weighted by molar-refractivity contribution is 6.03. The normalized spacial score (nSPS) is 23.9. The first-order chi connectivity index (χ1) is 18.2. The Kier molecular flexibility index (Phi) is 6.25. The fourth-order valence-corrected chi connectivity index (χ4v) is 6.35. The number of carbonyl (C=O) groups excluding carboxylic acids is 1. The molecular formula is C28H33F2N7O. The van der Waals surface area contributed by atoms with E-state index in [0.717, 1.165) is 36.3 Å². The molecule has 0 unspecified atom stereocenters. The minimum atomic E-state index is -3.03. The maximum absolute atomic E-state index is 14.7. The van der Waals surface area contributed by atoms with Crippen molar-refractivity contribution in [2.45, 2.75) is 69.8 Å². The third-order valence-corrected chi connectivity index (χ3v) is 8.54. The highest BCUT2D eigenvalue weighted by Crippen LogP contribution is 2.51. The average molecular weight is 522 g/mol. The Morgan fingerprint density at radius 2 is 2.03 bits per heavy atom. The lowest BCUT2D eigenvalue weighted by atomic mass is 9.59. The Balaban J connectivity index is 1.25. The molecule has 1 amide bonds. The van der Waals surface area contributed by atoms with Crippen molar-refractivity contribution in [1.82, 2.24) is 30.0 Å². The topological polar surface area (TPSA) is 97.6 Å². The summed E-state index contributed by atoms with van der Waals surface area (Å²) < 4.78 is 31.3. The lowest BCUT2D eigenvalue weighted by Gasteiger charge is -2.45. The lowest BCUT2D eigenvalue weighted by Crippen LogP contribution is -2.43. The molecule has 3 aromatic heterocycles. The second kappa shape index (κ2) is 9.48. The average Bonchev–Trinajstić information content (AvgIpc) is 3.41. The molecule has 0 aromatic carbocycles. The van der Waals surface area contributed by atoms with Gasteiger partial charge in [0.2, 0.25) is 0 Å². The predicted molar refractivity (Wildman–Crippen MR) is 138 cm³/mol. The van der Waals surface area contributed by atoms with Gasteiger partial charge in [-0.25, -0.2) is 4.98 Å². The van der Waals surface area contributed by atoms with Gasteiger partial charge in [-0.05, 0) is 79.3 Å². The first-order valence-electron chi connectivity index (χ1n) is 13.5. The number of aromatic nitrogens is 5. The summed E-state index contributed by atoms with van der Waals surface area (Å²) in [4.78, 5) is 21.9. The van der Waals surface area contributed by atoms with Gasteiger partial charge in [-0.2, -0.15) is 8.78 Å². The number of amides is 1. The molecule has 2 saturated carbocycles. The van der Waals surface area contributed by atoms with Crippen molar-refractivity contribution < 1.29 is 13.6 Å². The number of fused-ring (bicyclic) bond motifs is 1. The summed E-state index contributed by atoms with van der Waals surface area (Å²) in [6.45, 7) is 3.51. The molecule has 0 bridgehead atoms. The maximum atomic E-state index is 14.7. The lowest BCUT2D eigenvalue weighted by molar-refractivity contribution is -0.00602. The second-order valence-electron chi connectivity index (χ2n) is 11.4. The van der Waals surface area contributed by atoms with Gasteiger partial charge < -0.3 is 15.2 Å². The zero-order valence-corrected chi connectivity index (χ0v) is 21.8. The molecule has 2 N–H and O–H groups in total. The number of aryl methyl sites for hydroxylation is 1. The van der Waals surface area contributed by atoms with Crippen molar-refractivity contribution in [3.8, 4) is 0 Å². The molecule has 0 radical (unpaired) electrons. The van der Waals surface area contributed by atoms with E-state index in [1.165, 1.54) is 19.3 Å².